The molecule has 2 rings (SSSR count). The van der Waals surface area contributed by atoms with E-state index in [4.69, 9.17) is 11.6 Å². The summed E-state index contributed by atoms with van der Waals surface area (Å²) in [5.74, 6) is 0. The van der Waals surface area contributed by atoms with Crippen molar-refractivity contribution in [2.24, 2.45) is 0 Å². The van der Waals surface area contributed by atoms with E-state index in [1.54, 1.807) is 6.20 Å². The zero-order chi connectivity index (χ0) is 8.55. The Kier molecular flexibility index (Phi) is 2.13. The highest BCUT2D eigenvalue weighted by Crippen LogP contribution is 2.30. The third kappa shape index (κ3) is 1.38. The Balaban J connectivity index is 2.66. The van der Waals surface area contributed by atoms with Gasteiger partial charge in [-0.3, -0.25) is 0 Å². The summed E-state index contributed by atoms with van der Waals surface area (Å²) >= 11 is 8.00. The minimum Gasteiger partial charge on any atom is -0.240 e. The Bertz CT molecular complexity index is 382. The minimum atomic E-state index is 0.528. The van der Waals surface area contributed by atoms with Gasteiger partial charge in [0.1, 0.15) is 22.4 Å². The molecular formula is C9H4ClIN+. The molecule has 1 aliphatic carbocycles. The van der Waals surface area contributed by atoms with Gasteiger partial charge in [0.15, 0.2) is 3.58 Å². The van der Waals surface area contributed by atoms with Crippen LogP contribution in [0, 0.1) is 6.08 Å². The first kappa shape index (κ1) is 8.17. The van der Waals surface area contributed by atoms with E-state index in [9.17, 15) is 0 Å². The first-order chi connectivity index (χ1) is 5.77. The molecule has 0 aliphatic heterocycles. The SMILES string of the molecule is Clc1cc2c(cn1)C=C[C+]=C2I. The second kappa shape index (κ2) is 3.13. The van der Waals surface area contributed by atoms with Crippen LogP contribution in [0.15, 0.2) is 18.3 Å². The van der Waals surface area contributed by atoms with Gasteiger partial charge in [0, 0.05) is 28.7 Å². The number of allylic oxidation sites excluding steroid dienone is 2. The predicted octanol–water partition coefficient (Wildman–Crippen LogP) is 3.34. The molecule has 3 heteroatoms. The molecule has 1 nitrogen and oxygen atoms in total. The maximum atomic E-state index is 5.76. The third-order valence-corrected chi connectivity index (χ3v) is 2.71. The van der Waals surface area contributed by atoms with Crippen molar-refractivity contribution in [3.05, 3.63) is 40.7 Å². The standard InChI is InChI=1S/C9H4ClIN/c10-9-4-7-6(5-12-9)2-1-3-8(7)11/h1-2,4-5H/q+1. The van der Waals surface area contributed by atoms with Crippen LogP contribution in [0.1, 0.15) is 11.1 Å². The van der Waals surface area contributed by atoms with Gasteiger partial charge in [-0.25, -0.2) is 4.98 Å². The number of halogens is 2. The average Bonchev–Trinajstić information content (AvgIpc) is 2.07. The van der Waals surface area contributed by atoms with Gasteiger partial charge < -0.3 is 0 Å². The van der Waals surface area contributed by atoms with E-state index in [0.717, 1.165) is 14.7 Å². The second-order valence-electron chi connectivity index (χ2n) is 2.39. The molecule has 1 aromatic rings. The summed E-state index contributed by atoms with van der Waals surface area (Å²) in [4.78, 5) is 4.00. The van der Waals surface area contributed by atoms with Crippen molar-refractivity contribution in [3.63, 3.8) is 0 Å². The molecule has 0 unspecified atom stereocenters. The Morgan fingerprint density at radius 3 is 3.17 bits per heavy atom. The van der Waals surface area contributed by atoms with E-state index in [1.807, 2.05) is 18.2 Å². The van der Waals surface area contributed by atoms with Gasteiger partial charge in [-0.2, -0.15) is 0 Å². The molecule has 0 N–H and O–H groups in total. The number of aromatic nitrogens is 1. The van der Waals surface area contributed by atoms with Gasteiger partial charge in [-0.05, 0) is 0 Å². The molecule has 1 aliphatic rings. The van der Waals surface area contributed by atoms with Crippen molar-refractivity contribution < 1.29 is 0 Å². The number of rotatable bonds is 0. The predicted molar refractivity (Wildman–Crippen MR) is 59.0 cm³/mol. The lowest BCUT2D eigenvalue weighted by Crippen LogP contribution is -1.89. The third-order valence-electron chi connectivity index (χ3n) is 1.61. The van der Waals surface area contributed by atoms with Gasteiger partial charge in [-0.1, -0.05) is 11.6 Å². The monoisotopic (exact) mass is 288 g/mol. The topological polar surface area (TPSA) is 12.9 Å². The summed E-state index contributed by atoms with van der Waals surface area (Å²) in [5.41, 5.74) is 2.21. The number of nitrogens with zero attached hydrogens (tertiary/aromatic N) is 1. The molecule has 0 saturated heterocycles. The average molecular weight is 288 g/mol. The Morgan fingerprint density at radius 2 is 2.33 bits per heavy atom. The number of hydrogen-bond donors (Lipinski definition) is 0. The molecule has 0 amide bonds. The van der Waals surface area contributed by atoms with Crippen LogP contribution in [0.3, 0.4) is 0 Å². The largest absolute Gasteiger partial charge is 0.240 e. The van der Waals surface area contributed by atoms with Crippen molar-refractivity contribution in [2.75, 3.05) is 0 Å². The van der Waals surface area contributed by atoms with Crippen molar-refractivity contribution in [3.8, 4) is 0 Å². The summed E-state index contributed by atoms with van der Waals surface area (Å²) in [7, 11) is 0. The zero-order valence-corrected chi connectivity index (χ0v) is 8.93. The van der Waals surface area contributed by atoms with Crippen LogP contribution in [0.4, 0.5) is 0 Å². The highest BCUT2D eigenvalue weighted by Gasteiger charge is 2.17. The molecule has 0 bridgehead atoms. The van der Waals surface area contributed by atoms with Crippen LogP contribution in [-0.2, 0) is 0 Å². The molecule has 0 saturated carbocycles. The summed E-state index contributed by atoms with van der Waals surface area (Å²) in [6.07, 6.45) is 8.73. The molecule has 58 valence electrons. The van der Waals surface area contributed by atoms with Crippen molar-refractivity contribution in [2.45, 2.75) is 0 Å². The molecule has 1 heterocycles. The fourth-order valence-corrected chi connectivity index (χ4v) is 1.85. The fourth-order valence-electron chi connectivity index (χ4n) is 1.05. The van der Waals surface area contributed by atoms with E-state index in [1.165, 1.54) is 0 Å². The summed E-state index contributed by atoms with van der Waals surface area (Å²) in [5, 5.41) is 0.528. The molecule has 1 aromatic heterocycles. The second-order valence-corrected chi connectivity index (χ2v) is 3.85. The Morgan fingerprint density at radius 1 is 1.50 bits per heavy atom. The quantitative estimate of drug-likeness (QED) is 0.405. The van der Waals surface area contributed by atoms with Gasteiger partial charge in [0.05, 0.1) is 18.3 Å². The lowest BCUT2D eigenvalue weighted by molar-refractivity contribution is 1.30. The minimum absolute atomic E-state index is 0.528. The number of pyridine rings is 1. The van der Waals surface area contributed by atoms with Crippen LogP contribution in [0.2, 0.25) is 5.15 Å². The van der Waals surface area contributed by atoms with Crippen molar-refractivity contribution in [1.82, 2.24) is 4.98 Å². The van der Waals surface area contributed by atoms with E-state index in [-0.39, 0.29) is 0 Å². The van der Waals surface area contributed by atoms with Gasteiger partial charge in [0.25, 0.3) is 0 Å². The fraction of sp³-hybridized carbons (Fsp3) is 0. The first-order valence-electron chi connectivity index (χ1n) is 3.39. The molecular weight excluding hydrogens is 284 g/mol. The summed E-state index contributed by atoms with van der Waals surface area (Å²) in [6, 6.07) is 1.86. The molecule has 0 atom stereocenters. The highest BCUT2D eigenvalue weighted by molar-refractivity contribution is 14.1. The summed E-state index contributed by atoms with van der Waals surface area (Å²) < 4.78 is 1.08. The lowest BCUT2D eigenvalue weighted by atomic mass is 10.1. The van der Waals surface area contributed by atoms with E-state index in [0.29, 0.717) is 5.15 Å². The maximum Gasteiger partial charge on any atom is 0.183 e. The Labute approximate surface area is 89.3 Å². The van der Waals surface area contributed by atoms with Crippen LogP contribution < -0.4 is 0 Å². The maximum absolute atomic E-state index is 5.76. The molecule has 0 radical (unpaired) electrons. The van der Waals surface area contributed by atoms with E-state index >= 15 is 0 Å². The van der Waals surface area contributed by atoms with Gasteiger partial charge in [-0.15, -0.1) is 0 Å². The number of hydrogen-bond acceptors (Lipinski definition) is 1. The smallest absolute Gasteiger partial charge is 0.183 e. The van der Waals surface area contributed by atoms with Gasteiger partial charge in [0.2, 0.25) is 0 Å². The molecule has 0 spiro atoms. The first-order valence-corrected chi connectivity index (χ1v) is 4.84. The van der Waals surface area contributed by atoms with Crippen molar-refractivity contribution in [1.29, 1.82) is 0 Å². The number of fused-ring (bicyclic) bond motifs is 1. The lowest BCUT2D eigenvalue weighted by Gasteiger charge is -1.98. The van der Waals surface area contributed by atoms with Gasteiger partial charge >= 0.3 is 0 Å². The normalized spacial score (nSPS) is 13.3. The van der Waals surface area contributed by atoms with E-state index < -0.39 is 0 Å². The van der Waals surface area contributed by atoms with Crippen LogP contribution >= 0.6 is 34.2 Å². The van der Waals surface area contributed by atoms with Crippen LogP contribution in [-0.4, -0.2) is 4.98 Å². The van der Waals surface area contributed by atoms with Crippen LogP contribution in [0.5, 0.6) is 0 Å². The van der Waals surface area contributed by atoms with E-state index in [2.05, 4.69) is 33.7 Å². The highest BCUT2D eigenvalue weighted by atomic mass is 127. The molecule has 0 fully saturated rings. The molecule has 0 aromatic carbocycles. The summed E-state index contributed by atoms with van der Waals surface area (Å²) in [6.45, 7) is 0. The van der Waals surface area contributed by atoms with Crippen molar-refractivity contribution >= 4 is 43.8 Å². The Hall–Kier alpha value is -0.440. The van der Waals surface area contributed by atoms with Crippen LogP contribution in [0.25, 0.3) is 9.66 Å². The molecule has 12 heavy (non-hydrogen) atoms. The zero-order valence-electron chi connectivity index (χ0n) is 6.01.